The summed E-state index contributed by atoms with van der Waals surface area (Å²) >= 11 is 0. The van der Waals surface area contributed by atoms with Gasteiger partial charge in [0.1, 0.15) is 5.76 Å². The molecular formula is C10H18N2O. The van der Waals surface area contributed by atoms with Gasteiger partial charge in [0.15, 0.2) is 5.89 Å². The first kappa shape index (κ1) is 10.3. The molecule has 0 atom stereocenters. The first-order valence-corrected chi connectivity index (χ1v) is 4.87. The Morgan fingerprint density at radius 1 is 1.38 bits per heavy atom. The molecule has 0 amide bonds. The van der Waals surface area contributed by atoms with E-state index in [1.807, 2.05) is 13.8 Å². The molecule has 3 nitrogen and oxygen atoms in total. The smallest absolute Gasteiger partial charge is 0.191 e. The average molecular weight is 182 g/mol. The van der Waals surface area contributed by atoms with Gasteiger partial charge in [-0.25, -0.2) is 4.98 Å². The van der Waals surface area contributed by atoms with E-state index in [1.54, 1.807) is 0 Å². The van der Waals surface area contributed by atoms with Crippen LogP contribution in [0.2, 0.25) is 0 Å². The van der Waals surface area contributed by atoms with Crippen molar-refractivity contribution in [2.75, 3.05) is 6.54 Å². The quantitative estimate of drug-likeness (QED) is 0.709. The van der Waals surface area contributed by atoms with Crippen molar-refractivity contribution in [3.8, 4) is 0 Å². The Balaban J connectivity index is 2.32. The Morgan fingerprint density at radius 2 is 2.15 bits per heavy atom. The van der Waals surface area contributed by atoms with Crippen LogP contribution in [0.1, 0.15) is 37.1 Å². The first-order chi connectivity index (χ1) is 6.24. The normalized spacial score (nSPS) is 10.7. The Morgan fingerprint density at radius 3 is 2.69 bits per heavy atom. The molecule has 0 saturated carbocycles. The summed E-state index contributed by atoms with van der Waals surface area (Å²) in [6.45, 7) is 7.90. The fourth-order valence-corrected chi connectivity index (χ4v) is 1.24. The molecule has 0 aliphatic carbocycles. The summed E-state index contributed by atoms with van der Waals surface area (Å²) < 4.78 is 5.32. The van der Waals surface area contributed by atoms with Gasteiger partial charge in [0, 0.05) is 13.5 Å². The lowest BCUT2D eigenvalue weighted by Crippen LogP contribution is -2.15. The number of oxazole rings is 1. The zero-order valence-corrected chi connectivity index (χ0v) is 8.68. The number of nitrogens with one attached hydrogen (secondary N) is 1. The third-order valence-electron chi connectivity index (χ3n) is 2.00. The van der Waals surface area contributed by atoms with Gasteiger partial charge in [-0.15, -0.1) is 0 Å². The van der Waals surface area contributed by atoms with Crippen LogP contribution >= 0.6 is 0 Å². The van der Waals surface area contributed by atoms with Crippen LogP contribution in [0.5, 0.6) is 0 Å². The summed E-state index contributed by atoms with van der Waals surface area (Å²) in [5.41, 5.74) is 1.04. The largest absolute Gasteiger partial charge is 0.446 e. The minimum atomic E-state index is 0.754. The van der Waals surface area contributed by atoms with E-state index in [-0.39, 0.29) is 0 Å². The second kappa shape index (κ2) is 5.02. The molecule has 13 heavy (non-hydrogen) atoms. The molecule has 0 aromatic carbocycles. The van der Waals surface area contributed by atoms with Crippen LogP contribution in [0.15, 0.2) is 4.42 Å². The van der Waals surface area contributed by atoms with Gasteiger partial charge in [-0.3, -0.25) is 0 Å². The van der Waals surface area contributed by atoms with Crippen molar-refractivity contribution >= 4 is 0 Å². The molecule has 3 heteroatoms. The Kier molecular flexibility index (Phi) is 3.96. The third kappa shape index (κ3) is 3.19. The van der Waals surface area contributed by atoms with E-state index >= 15 is 0 Å². The van der Waals surface area contributed by atoms with Crippen molar-refractivity contribution in [3.63, 3.8) is 0 Å². The van der Waals surface area contributed by atoms with E-state index in [0.29, 0.717) is 0 Å². The SMILES string of the molecule is CCCCNCc1nc(C)oc1C. The van der Waals surface area contributed by atoms with Gasteiger partial charge in [0.05, 0.1) is 5.69 Å². The van der Waals surface area contributed by atoms with E-state index in [2.05, 4.69) is 17.2 Å². The molecule has 1 rings (SSSR count). The van der Waals surface area contributed by atoms with Crippen LogP contribution in [0.3, 0.4) is 0 Å². The lowest BCUT2D eigenvalue weighted by Gasteiger charge is -2.00. The molecule has 1 heterocycles. The molecule has 1 aromatic rings. The summed E-state index contributed by atoms with van der Waals surface area (Å²) in [7, 11) is 0. The van der Waals surface area contributed by atoms with Gasteiger partial charge in [-0.2, -0.15) is 0 Å². The lowest BCUT2D eigenvalue weighted by atomic mass is 10.3. The zero-order chi connectivity index (χ0) is 9.68. The molecule has 0 saturated heterocycles. The van der Waals surface area contributed by atoms with E-state index in [4.69, 9.17) is 4.42 Å². The number of aromatic nitrogens is 1. The second-order valence-corrected chi connectivity index (χ2v) is 3.27. The summed E-state index contributed by atoms with van der Waals surface area (Å²) in [5, 5.41) is 3.33. The minimum Gasteiger partial charge on any atom is -0.446 e. The van der Waals surface area contributed by atoms with Crippen molar-refractivity contribution in [2.45, 2.75) is 40.2 Å². The fourth-order valence-electron chi connectivity index (χ4n) is 1.24. The molecule has 0 aliphatic rings. The van der Waals surface area contributed by atoms with Gasteiger partial charge in [0.25, 0.3) is 0 Å². The molecule has 0 aliphatic heterocycles. The van der Waals surface area contributed by atoms with E-state index in [9.17, 15) is 0 Å². The predicted molar refractivity (Wildman–Crippen MR) is 52.6 cm³/mol. The second-order valence-electron chi connectivity index (χ2n) is 3.27. The maximum absolute atomic E-state index is 5.32. The van der Waals surface area contributed by atoms with Crippen LogP contribution in [0, 0.1) is 13.8 Å². The summed E-state index contributed by atoms with van der Waals surface area (Å²) in [5.74, 6) is 1.69. The molecule has 0 fully saturated rings. The number of unbranched alkanes of at least 4 members (excludes halogenated alkanes) is 1. The Labute approximate surface area is 79.5 Å². The van der Waals surface area contributed by atoms with Gasteiger partial charge in [-0.05, 0) is 19.9 Å². The maximum Gasteiger partial charge on any atom is 0.191 e. The summed E-state index contributed by atoms with van der Waals surface area (Å²) in [6.07, 6.45) is 2.44. The molecule has 0 bridgehead atoms. The predicted octanol–water partition coefficient (Wildman–Crippen LogP) is 2.18. The monoisotopic (exact) mass is 182 g/mol. The molecular weight excluding hydrogens is 164 g/mol. The minimum absolute atomic E-state index is 0.754. The molecule has 1 aromatic heterocycles. The van der Waals surface area contributed by atoms with E-state index < -0.39 is 0 Å². The molecule has 74 valence electrons. The van der Waals surface area contributed by atoms with Crippen molar-refractivity contribution < 1.29 is 4.42 Å². The van der Waals surface area contributed by atoms with E-state index in [0.717, 1.165) is 30.4 Å². The summed E-state index contributed by atoms with van der Waals surface area (Å²) in [6, 6.07) is 0. The van der Waals surface area contributed by atoms with Crippen LogP contribution < -0.4 is 5.32 Å². The van der Waals surface area contributed by atoms with Gasteiger partial charge in [0.2, 0.25) is 0 Å². The van der Waals surface area contributed by atoms with Gasteiger partial charge < -0.3 is 9.73 Å². The number of aryl methyl sites for hydroxylation is 2. The molecule has 0 unspecified atom stereocenters. The maximum atomic E-state index is 5.32. The van der Waals surface area contributed by atoms with Crippen LogP contribution in [-0.2, 0) is 6.54 Å². The van der Waals surface area contributed by atoms with Gasteiger partial charge >= 0.3 is 0 Å². The highest BCUT2D eigenvalue weighted by atomic mass is 16.4. The summed E-state index contributed by atoms with van der Waals surface area (Å²) in [4.78, 5) is 4.28. The topological polar surface area (TPSA) is 38.1 Å². The number of rotatable bonds is 5. The van der Waals surface area contributed by atoms with Crippen molar-refractivity contribution in [1.29, 1.82) is 0 Å². The molecule has 0 spiro atoms. The van der Waals surface area contributed by atoms with Crippen molar-refractivity contribution in [1.82, 2.24) is 10.3 Å². The first-order valence-electron chi connectivity index (χ1n) is 4.87. The highest BCUT2D eigenvalue weighted by molar-refractivity contribution is 5.07. The Hall–Kier alpha value is -0.830. The Bertz CT molecular complexity index is 255. The van der Waals surface area contributed by atoms with Crippen LogP contribution in [0.4, 0.5) is 0 Å². The lowest BCUT2D eigenvalue weighted by molar-refractivity contribution is 0.491. The van der Waals surface area contributed by atoms with Crippen molar-refractivity contribution in [3.05, 3.63) is 17.3 Å². The average Bonchev–Trinajstić information content (AvgIpc) is 2.39. The molecule has 1 N–H and O–H groups in total. The van der Waals surface area contributed by atoms with Crippen LogP contribution in [0.25, 0.3) is 0 Å². The highest BCUT2D eigenvalue weighted by Gasteiger charge is 2.04. The molecule has 0 radical (unpaired) electrons. The van der Waals surface area contributed by atoms with Gasteiger partial charge in [-0.1, -0.05) is 13.3 Å². The zero-order valence-electron chi connectivity index (χ0n) is 8.68. The highest BCUT2D eigenvalue weighted by Crippen LogP contribution is 2.07. The van der Waals surface area contributed by atoms with Crippen molar-refractivity contribution in [2.24, 2.45) is 0 Å². The number of hydrogen-bond donors (Lipinski definition) is 1. The van der Waals surface area contributed by atoms with E-state index in [1.165, 1.54) is 12.8 Å². The fraction of sp³-hybridized carbons (Fsp3) is 0.700. The third-order valence-corrected chi connectivity index (χ3v) is 2.00. The standard InChI is InChI=1S/C10H18N2O/c1-4-5-6-11-7-10-8(2)13-9(3)12-10/h11H,4-7H2,1-3H3. The number of hydrogen-bond acceptors (Lipinski definition) is 3. The van der Waals surface area contributed by atoms with Crippen LogP contribution in [-0.4, -0.2) is 11.5 Å². The number of nitrogens with zero attached hydrogens (tertiary/aromatic N) is 1.